The summed E-state index contributed by atoms with van der Waals surface area (Å²) >= 11 is 0. The molecule has 1 aliphatic rings. The van der Waals surface area contributed by atoms with Crippen LogP contribution in [0.15, 0.2) is 30.5 Å². The van der Waals surface area contributed by atoms with Crippen LogP contribution < -0.4 is 16.0 Å². The van der Waals surface area contributed by atoms with E-state index in [2.05, 4.69) is 10.3 Å². The maximum absolute atomic E-state index is 11.2. The summed E-state index contributed by atoms with van der Waals surface area (Å²) in [5, 5.41) is 3.50. The summed E-state index contributed by atoms with van der Waals surface area (Å²) in [5.74, 6) is 0.277. The molecular weight excluding hydrogens is 290 g/mol. The van der Waals surface area contributed by atoms with E-state index in [0.29, 0.717) is 11.5 Å². The highest BCUT2D eigenvalue weighted by Crippen LogP contribution is 2.31. The molecule has 3 N–H and O–H groups in total. The van der Waals surface area contributed by atoms with Gasteiger partial charge in [0.15, 0.2) is 0 Å². The number of anilines is 1. The second-order valence-corrected chi connectivity index (χ2v) is 5.95. The van der Waals surface area contributed by atoms with Crippen LogP contribution in [0.5, 0.6) is 0 Å². The Morgan fingerprint density at radius 1 is 1.30 bits per heavy atom. The molecule has 1 fully saturated rings. The average molecular weight is 311 g/mol. The topological polar surface area (TPSA) is 84.1 Å². The summed E-state index contributed by atoms with van der Waals surface area (Å²) in [5.41, 5.74) is 8.80. The Hall–Kier alpha value is -2.47. The number of carbonyl (C=O) groups excluding carboxylic acids is 1. The molecule has 0 radical (unpaired) electrons. The number of amides is 1. The van der Waals surface area contributed by atoms with Gasteiger partial charge in [0.25, 0.3) is 0 Å². The smallest absolute Gasteiger partial charge is 0.248 e. The number of benzene rings is 1. The molecule has 1 aliphatic heterocycles. The van der Waals surface area contributed by atoms with Gasteiger partial charge in [-0.25, -0.2) is 9.97 Å². The standard InChI is InChI=1S/C17H21N5O/c1-22(2)17-20-10-13(15(21-17)14-4-3-9-19-14)11-5-7-12(8-6-11)16(18)23/h5-8,10,14,19H,3-4,9H2,1-2H3,(H2,18,23)/t14-/m0/s1. The van der Waals surface area contributed by atoms with Gasteiger partial charge in [0, 0.05) is 31.4 Å². The van der Waals surface area contributed by atoms with E-state index in [4.69, 9.17) is 10.7 Å². The monoisotopic (exact) mass is 311 g/mol. The lowest BCUT2D eigenvalue weighted by molar-refractivity contribution is 0.100. The molecule has 2 heterocycles. The molecule has 1 saturated heterocycles. The van der Waals surface area contributed by atoms with Gasteiger partial charge in [-0.3, -0.25) is 4.79 Å². The minimum atomic E-state index is -0.423. The Morgan fingerprint density at radius 3 is 2.61 bits per heavy atom. The minimum absolute atomic E-state index is 0.238. The van der Waals surface area contributed by atoms with Crippen molar-refractivity contribution >= 4 is 11.9 Å². The third-order valence-electron chi connectivity index (χ3n) is 4.08. The average Bonchev–Trinajstić information content (AvgIpc) is 3.08. The van der Waals surface area contributed by atoms with Crippen LogP contribution in [0.2, 0.25) is 0 Å². The first-order valence-corrected chi connectivity index (χ1v) is 7.74. The van der Waals surface area contributed by atoms with Crippen molar-refractivity contribution < 1.29 is 4.79 Å². The van der Waals surface area contributed by atoms with Crippen molar-refractivity contribution in [2.45, 2.75) is 18.9 Å². The van der Waals surface area contributed by atoms with Crippen molar-refractivity contribution in [2.75, 3.05) is 25.5 Å². The van der Waals surface area contributed by atoms with Crippen LogP contribution >= 0.6 is 0 Å². The third kappa shape index (κ3) is 3.17. The van der Waals surface area contributed by atoms with Gasteiger partial charge in [0.2, 0.25) is 11.9 Å². The highest BCUT2D eigenvalue weighted by atomic mass is 16.1. The van der Waals surface area contributed by atoms with Gasteiger partial charge < -0.3 is 16.0 Å². The molecule has 23 heavy (non-hydrogen) atoms. The zero-order valence-corrected chi connectivity index (χ0v) is 13.4. The molecule has 0 bridgehead atoms. The van der Waals surface area contributed by atoms with Crippen LogP contribution in [-0.4, -0.2) is 36.5 Å². The van der Waals surface area contributed by atoms with Gasteiger partial charge in [0.1, 0.15) is 0 Å². The second kappa shape index (κ2) is 6.34. The second-order valence-electron chi connectivity index (χ2n) is 5.95. The number of nitrogens with zero attached hydrogens (tertiary/aromatic N) is 3. The van der Waals surface area contributed by atoms with E-state index in [9.17, 15) is 4.79 Å². The summed E-state index contributed by atoms with van der Waals surface area (Å²) in [4.78, 5) is 22.3. The summed E-state index contributed by atoms with van der Waals surface area (Å²) in [7, 11) is 3.87. The Kier molecular flexibility index (Phi) is 4.25. The lowest BCUT2D eigenvalue weighted by atomic mass is 9.99. The van der Waals surface area contributed by atoms with E-state index in [1.807, 2.05) is 37.3 Å². The molecule has 1 aromatic heterocycles. The van der Waals surface area contributed by atoms with Crippen LogP contribution in [0, 0.1) is 0 Å². The zero-order chi connectivity index (χ0) is 16.4. The van der Waals surface area contributed by atoms with Gasteiger partial charge in [-0.1, -0.05) is 12.1 Å². The van der Waals surface area contributed by atoms with Crippen LogP contribution in [0.25, 0.3) is 11.1 Å². The SMILES string of the molecule is CN(C)c1ncc(-c2ccc(C(N)=O)cc2)c([C@@H]2CCCN2)n1. The molecule has 6 heteroatoms. The molecule has 0 saturated carbocycles. The first kappa shape index (κ1) is 15.4. The van der Waals surface area contributed by atoms with E-state index in [1.165, 1.54) is 0 Å². The fourth-order valence-electron chi connectivity index (χ4n) is 2.82. The Bertz CT molecular complexity index is 705. The quantitative estimate of drug-likeness (QED) is 0.898. The van der Waals surface area contributed by atoms with Crippen molar-refractivity contribution in [3.05, 3.63) is 41.7 Å². The van der Waals surface area contributed by atoms with Crippen molar-refractivity contribution in [1.29, 1.82) is 0 Å². The van der Waals surface area contributed by atoms with Crippen LogP contribution in [-0.2, 0) is 0 Å². The lowest BCUT2D eigenvalue weighted by Crippen LogP contribution is -2.19. The van der Waals surface area contributed by atoms with E-state index < -0.39 is 5.91 Å². The van der Waals surface area contributed by atoms with Crippen LogP contribution in [0.3, 0.4) is 0 Å². The Morgan fingerprint density at radius 2 is 2.04 bits per heavy atom. The van der Waals surface area contributed by atoms with Crippen molar-refractivity contribution in [3.63, 3.8) is 0 Å². The Labute approximate surface area is 135 Å². The molecule has 0 unspecified atom stereocenters. The molecule has 1 aromatic carbocycles. The van der Waals surface area contributed by atoms with Gasteiger partial charge in [0.05, 0.1) is 11.7 Å². The maximum atomic E-state index is 11.2. The fourth-order valence-corrected chi connectivity index (χ4v) is 2.82. The van der Waals surface area contributed by atoms with Crippen LogP contribution in [0.1, 0.15) is 34.9 Å². The van der Waals surface area contributed by atoms with Gasteiger partial charge in [-0.05, 0) is 37.1 Å². The molecule has 6 nitrogen and oxygen atoms in total. The fraction of sp³-hybridized carbons (Fsp3) is 0.353. The van der Waals surface area contributed by atoms with E-state index in [0.717, 1.165) is 36.2 Å². The first-order valence-electron chi connectivity index (χ1n) is 7.74. The summed E-state index contributed by atoms with van der Waals surface area (Å²) in [6.07, 6.45) is 4.07. The van der Waals surface area contributed by atoms with Crippen molar-refractivity contribution in [1.82, 2.24) is 15.3 Å². The predicted octanol–water partition coefficient (Wildman–Crippen LogP) is 1.73. The maximum Gasteiger partial charge on any atom is 0.248 e. The van der Waals surface area contributed by atoms with Gasteiger partial charge in [-0.2, -0.15) is 0 Å². The van der Waals surface area contributed by atoms with E-state index in [1.54, 1.807) is 12.1 Å². The Balaban J connectivity index is 2.04. The molecule has 1 atom stereocenters. The molecular formula is C17H21N5O. The van der Waals surface area contributed by atoms with Gasteiger partial charge in [-0.15, -0.1) is 0 Å². The molecule has 3 rings (SSSR count). The molecule has 0 spiro atoms. The summed E-state index contributed by atoms with van der Waals surface area (Å²) in [6.45, 7) is 1.01. The molecule has 120 valence electrons. The van der Waals surface area contributed by atoms with Crippen LogP contribution in [0.4, 0.5) is 5.95 Å². The normalized spacial score (nSPS) is 17.2. The zero-order valence-electron chi connectivity index (χ0n) is 13.4. The van der Waals surface area contributed by atoms with Crippen molar-refractivity contribution in [2.24, 2.45) is 5.73 Å². The number of nitrogens with two attached hydrogens (primary N) is 1. The number of hydrogen-bond acceptors (Lipinski definition) is 5. The first-order chi connectivity index (χ1) is 11.1. The largest absolute Gasteiger partial charge is 0.366 e. The van der Waals surface area contributed by atoms with Crippen molar-refractivity contribution in [3.8, 4) is 11.1 Å². The van der Waals surface area contributed by atoms with E-state index >= 15 is 0 Å². The number of aromatic nitrogens is 2. The van der Waals surface area contributed by atoms with Gasteiger partial charge >= 0.3 is 0 Å². The third-order valence-corrected chi connectivity index (χ3v) is 4.08. The highest BCUT2D eigenvalue weighted by molar-refractivity contribution is 5.93. The number of rotatable bonds is 4. The number of hydrogen-bond donors (Lipinski definition) is 2. The minimum Gasteiger partial charge on any atom is -0.366 e. The lowest BCUT2D eigenvalue weighted by Gasteiger charge is -2.18. The predicted molar refractivity (Wildman–Crippen MR) is 90.3 cm³/mol. The van der Waals surface area contributed by atoms with E-state index in [-0.39, 0.29) is 6.04 Å². The molecule has 2 aromatic rings. The number of nitrogens with one attached hydrogen (secondary N) is 1. The molecule has 1 amide bonds. The number of carbonyl (C=O) groups is 1. The summed E-state index contributed by atoms with van der Waals surface area (Å²) < 4.78 is 0. The summed E-state index contributed by atoms with van der Waals surface area (Å²) in [6, 6.07) is 7.51. The molecule has 0 aliphatic carbocycles. The number of primary amides is 1. The highest BCUT2D eigenvalue weighted by Gasteiger charge is 2.22.